The molecular weight excluding hydrogens is 354 g/mol. The number of hydrogen-bond acceptors (Lipinski definition) is 1. The number of aryl methyl sites for hydroxylation is 2. The summed E-state index contributed by atoms with van der Waals surface area (Å²) < 4.78 is 16.8. The average molecular weight is 373 g/mol. The van der Waals surface area contributed by atoms with Gasteiger partial charge in [-0.3, -0.25) is 0 Å². The molecule has 0 aliphatic heterocycles. The third-order valence-corrected chi connectivity index (χ3v) is 7.17. The van der Waals surface area contributed by atoms with Crippen LogP contribution in [0.5, 0.6) is 0 Å². The molecule has 4 heteroatoms. The predicted molar refractivity (Wildman–Crippen MR) is 92.7 cm³/mol. The van der Waals surface area contributed by atoms with Crippen molar-refractivity contribution in [3.63, 3.8) is 0 Å². The fourth-order valence-corrected chi connectivity index (χ4v) is 5.40. The summed E-state index contributed by atoms with van der Waals surface area (Å²) >= 11 is 0.261. The van der Waals surface area contributed by atoms with Gasteiger partial charge in [0, 0.05) is 0 Å². The summed E-state index contributed by atoms with van der Waals surface area (Å²) in [6.45, 7) is 5.20. The van der Waals surface area contributed by atoms with Crippen molar-refractivity contribution in [2.45, 2.75) is 25.2 Å². The van der Waals surface area contributed by atoms with Crippen LogP contribution < -0.4 is 4.46 Å². The van der Waals surface area contributed by atoms with Crippen molar-refractivity contribution >= 4 is 19.4 Å². The van der Waals surface area contributed by atoms with E-state index in [-0.39, 0.29) is 20.8 Å². The van der Waals surface area contributed by atoms with Crippen LogP contribution in [0.15, 0.2) is 61.2 Å². The molecule has 2 aromatic carbocycles. The van der Waals surface area contributed by atoms with Gasteiger partial charge in [-0.15, -0.1) is 0 Å². The Bertz CT molecular complexity index is 746. The van der Waals surface area contributed by atoms with Crippen molar-refractivity contribution in [3.8, 4) is 0 Å². The quantitative estimate of drug-likeness (QED) is 0.627. The van der Waals surface area contributed by atoms with Crippen LogP contribution in [-0.4, -0.2) is 24.5 Å². The molecule has 1 heterocycles. The molecule has 0 spiro atoms. The third-order valence-electron chi connectivity index (χ3n) is 3.85. The van der Waals surface area contributed by atoms with E-state index in [4.69, 9.17) is 0 Å². The van der Waals surface area contributed by atoms with E-state index in [0.717, 1.165) is 6.54 Å². The number of rotatable bonds is 5. The normalized spacial score (nSPS) is 12.3. The number of halogens is 1. The first-order chi connectivity index (χ1) is 11.1. The van der Waals surface area contributed by atoms with Crippen molar-refractivity contribution in [1.82, 2.24) is 9.55 Å². The Morgan fingerprint density at radius 2 is 1.78 bits per heavy atom. The van der Waals surface area contributed by atoms with Gasteiger partial charge in [0.05, 0.1) is 0 Å². The molecule has 1 atom stereocenters. The Labute approximate surface area is 142 Å². The van der Waals surface area contributed by atoms with Crippen LogP contribution in [0.1, 0.15) is 21.5 Å². The van der Waals surface area contributed by atoms with Crippen molar-refractivity contribution < 1.29 is 4.39 Å². The van der Waals surface area contributed by atoms with Gasteiger partial charge in [-0.2, -0.15) is 0 Å². The first-order valence-electron chi connectivity index (χ1n) is 7.57. The van der Waals surface area contributed by atoms with Crippen molar-refractivity contribution in [2.75, 3.05) is 0 Å². The SMILES string of the molecule is Cc1cccc(C)c1[Se]C(Cn1ccnc1)c1ccc(F)cc1. The van der Waals surface area contributed by atoms with Gasteiger partial charge in [-0.05, 0) is 0 Å². The summed E-state index contributed by atoms with van der Waals surface area (Å²) in [6, 6.07) is 13.4. The van der Waals surface area contributed by atoms with Gasteiger partial charge in [0.1, 0.15) is 0 Å². The molecule has 118 valence electrons. The van der Waals surface area contributed by atoms with E-state index in [0.29, 0.717) is 4.82 Å². The molecule has 0 saturated heterocycles. The van der Waals surface area contributed by atoms with Crippen LogP contribution in [0, 0.1) is 19.7 Å². The monoisotopic (exact) mass is 374 g/mol. The fourth-order valence-electron chi connectivity index (χ4n) is 2.60. The van der Waals surface area contributed by atoms with Gasteiger partial charge in [0.2, 0.25) is 0 Å². The molecular formula is C19H19FN2Se. The maximum absolute atomic E-state index is 13.3. The minimum absolute atomic E-state index is 0.185. The van der Waals surface area contributed by atoms with Crippen LogP contribution in [0.3, 0.4) is 0 Å². The zero-order valence-electron chi connectivity index (χ0n) is 13.2. The molecule has 23 heavy (non-hydrogen) atoms. The topological polar surface area (TPSA) is 17.8 Å². The molecule has 0 N–H and O–H groups in total. The number of hydrogen-bond donors (Lipinski definition) is 0. The summed E-state index contributed by atoms with van der Waals surface area (Å²) in [4.78, 5) is 4.48. The van der Waals surface area contributed by atoms with Crippen LogP contribution >= 0.6 is 0 Å². The zero-order chi connectivity index (χ0) is 16.2. The fraction of sp³-hybridized carbons (Fsp3) is 0.211. The number of nitrogens with zero attached hydrogens (tertiary/aromatic N) is 2. The number of aromatic nitrogens is 2. The first kappa shape index (κ1) is 16.0. The number of benzene rings is 2. The second kappa shape index (κ2) is 7.12. The van der Waals surface area contributed by atoms with E-state index in [1.54, 1.807) is 18.3 Å². The third kappa shape index (κ3) is 3.90. The Morgan fingerprint density at radius 1 is 1.09 bits per heavy atom. The van der Waals surface area contributed by atoms with Gasteiger partial charge in [-0.1, -0.05) is 0 Å². The minimum atomic E-state index is -0.185. The van der Waals surface area contributed by atoms with E-state index in [1.165, 1.54) is 21.2 Å². The molecule has 1 unspecified atom stereocenters. The molecule has 0 aliphatic carbocycles. The molecule has 0 radical (unpaired) electrons. The zero-order valence-corrected chi connectivity index (χ0v) is 15.0. The van der Waals surface area contributed by atoms with E-state index >= 15 is 0 Å². The molecule has 2 nitrogen and oxygen atoms in total. The molecule has 3 rings (SSSR count). The predicted octanol–water partition coefficient (Wildman–Crippen LogP) is 3.41. The first-order valence-corrected chi connectivity index (χ1v) is 9.42. The van der Waals surface area contributed by atoms with Crippen molar-refractivity contribution in [3.05, 3.63) is 83.7 Å². The second-order valence-electron chi connectivity index (χ2n) is 5.64. The van der Waals surface area contributed by atoms with Crippen LogP contribution in [0.2, 0.25) is 0 Å². The van der Waals surface area contributed by atoms with Gasteiger partial charge in [0.25, 0.3) is 0 Å². The summed E-state index contributed by atoms with van der Waals surface area (Å²) in [6.07, 6.45) is 5.63. The summed E-state index contributed by atoms with van der Waals surface area (Å²) in [7, 11) is 0. The molecule has 0 fully saturated rings. The Morgan fingerprint density at radius 3 is 2.39 bits per heavy atom. The number of imidazole rings is 1. The van der Waals surface area contributed by atoms with Crippen LogP contribution in [-0.2, 0) is 6.54 Å². The van der Waals surface area contributed by atoms with E-state index in [2.05, 4.69) is 41.6 Å². The van der Waals surface area contributed by atoms with E-state index in [9.17, 15) is 4.39 Å². The Hall–Kier alpha value is -1.90. The molecule has 0 saturated carbocycles. The van der Waals surface area contributed by atoms with Gasteiger partial charge >= 0.3 is 142 Å². The van der Waals surface area contributed by atoms with Crippen molar-refractivity contribution in [2.24, 2.45) is 0 Å². The van der Waals surface area contributed by atoms with E-state index in [1.807, 2.05) is 24.7 Å². The van der Waals surface area contributed by atoms with Crippen LogP contribution in [0.4, 0.5) is 4.39 Å². The maximum atomic E-state index is 13.3. The van der Waals surface area contributed by atoms with Gasteiger partial charge in [0.15, 0.2) is 0 Å². The average Bonchev–Trinajstić information content (AvgIpc) is 3.04. The van der Waals surface area contributed by atoms with E-state index < -0.39 is 0 Å². The second-order valence-corrected chi connectivity index (χ2v) is 8.18. The summed E-state index contributed by atoms with van der Waals surface area (Å²) in [5.74, 6) is -0.185. The van der Waals surface area contributed by atoms with Gasteiger partial charge in [-0.25, -0.2) is 0 Å². The van der Waals surface area contributed by atoms with Gasteiger partial charge < -0.3 is 0 Å². The molecule has 3 aromatic rings. The molecule has 0 bridgehead atoms. The summed E-state index contributed by atoms with van der Waals surface area (Å²) in [5.41, 5.74) is 3.85. The molecule has 1 aromatic heterocycles. The van der Waals surface area contributed by atoms with Crippen molar-refractivity contribution in [1.29, 1.82) is 0 Å². The van der Waals surface area contributed by atoms with Crippen LogP contribution in [0.25, 0.3) is 0 Å². The standard InChI is InChI=1S/C19H19FN2Se/c1-14-4-3-5-15(2)19(14)23-18(12-22-11-10-21-13-22)16-6-8-17(20)9-7-16/h3-11,13,18H,12H2,1-2H3. The Kier molecular flexibility index (Phi) is 4.94. The molecule has 0 amide bonds. The summed E-state index contributed by atoms with van der Waals surface area (Å²) in [5, 5.41) is 0. The Balaban J connectivity index is 1.93. The molecule has 0 aliphatic rings.